The predicted octanol–water partition coefficient (Wildman–Crippen LogP) is 1.73. The molecule has 0 aliphatic heterocycles. The van der Waals surface area contributed by atoms with Gasteiger partial charge in [-0.25, -0.2) is 0 Å². The molecule has 0 rings (SSSR count). The molecule has 0 aromatic rings. The van der Waals surface area contributed by atoms with Crippen molar-refractivity contribution in [1.29, 1.82) is 5.26 Å². The van der Waals surface area contributed by atoms with E-state index < -0.39 is 0 Å². The Morgan fingerprint density at radius 2 is 2.31 bits per heavy atom. The van der Waals surface area contributed by atoms with Crippen LogP contribution < -0.4 is 0 Å². The molecule has 0 bridgehead atoms. The van der Waals surface area contributed by atoms with Crippen LogP contribution in [0.4, 0.5) is 0 Å². The molecular weight excluding hydrogens is 164 g/mol. The molecule has 13 heavy (non-hydrogen) atoms. The third-order valence-corrected chi connectivity index (χ3v) is 1.27. The maximum Gasteiger partial charge on any atom is 0.134 e. The van der Waals surface area contributed by atoms with E-state index in [-0.39, 0.29) is 0 Å². The summed E-state index contributed by atoms with van der Waals surface area (Å²) in [6, 6.07) is 1.93. The minimum Gasteiger partial charge on any atom is -0.377 e. The first kappa shape index (κ1) is 11.6. The van der Waals surface area contributed by atoms with Gasteiger partial charge in [0.1, 0.15) is 11.8 Å². The van der Waals surface area contributed by atoms with Crippen LogP contribution in [0.3, 0.4) is 0 Å². The van der Waals surface area contributed by atoms with Gasteiger partial charge in [0.25, 0.3) is 0 Å². The van der Waals surface area contributed by atoms with Crippen LogP contribution in [0.15, 0.2) is 30.3 Å². The molecule has 0 aromatic carbocycles. The number of nitrogens with zero attached hydrogens (tertiary/aromatic N) is 2. The van der Waals surface area contributed by atoms with Gasteiger partial charge in [0.05, 0.1) is 6.61 Å². The normalized spacial score (nSPS) is 10.5. The molecule has 0 aliphatic rings. The van der Waals surface area contributed by atoms with E-state index in [1.807, 2.05) is 6.07 Å². The molecule has 0 aliphatic carbocycles. The van der Waals surface area contributed by atoms with E-state index in [0.29, 0.717) is 25.5 Å². The third-order valence-electron chi connectivity index (χ3n) is 1.27. The molecule has 0 spiro atoms. The SMILES string of the molecule is C=CCOCCCN=C(C#N)C=C. The Morgan fingerprint density at radius 3 is 2.85 bits per heavy atom. The topological polar surface area (TPSA) is 45.4 Å². The Bertz CT molecular complexity index is 226. The summed E-state index contributed by atoms with van der Waals surface area (Å²) in [5.41, 5.74) is 0.378. The summed E-state index contributed by atoms with van der Waals surface area (Å²) in [7, 11) is 0. The molecular formula is C10H14N2O. The molecule has 3 heteroatoms. The molecule has 0 heterocycles. The number of rotatable bonds is 7. The zero-order chi connectivity index (χ0) is 9.94. The second-order valence-corrected chi connectivity index (χ2v) is 2.30. The highest BCUT2D eigenvalue weighted by Crippen LogP contribution is 1.86. The first-order chi connectivity index (χ1) is 6.35. The fourth-order valence-electron chi connectivity index (χ4n) is 0.678. The van der Waals surface area contributed by atoms with Crippen LogP contribution in [-0.2, 0) is 4.74 Å². The maximum absolute atomic E-state index is 8.47. The number of hydrogen-bond acceptors (Lipinski definition) is 3. The summed E-state index contributed by atoms with van der Waals surface area (Å²) < 4.78 is 5.14. The van der Waals surface area contributed by atoms with E-state index in [0.717, 1.165) is 6.42 Å². The van der Waals surface area contributed by atoms with E-state index >= 15 is 0 Å². The van der Waals surface area contributed by atoms with Crippen LogP contribution in [-0.4, -0.2) is 25.5 Å². The van der Waals surface area contributed by atoms with E-state index in [9.17, 15) is 0 Å². The van der Waals surface area contributed by atoms with E-state index in [1.165, 1.54) is 6.08 Å². The monoisotopic (exact) mass is 178 g/mol. The summed E-state index contributed by atoms with van der Waals surface area (Å²) in [5.74, 6) is 0. The number of allylic oxidation sites excluding steroid dienone is 1. The van der Waals surface area contributed by atoms with Crippen molar-refractivity contribution in [1.82, 2.24) is 0 Å². The molecule has 0 saturated heterocycles. The van der Waals surface area contributed by atoms with Crippen LogP contribution in [0.25, 0.3) is 0 Å². The van der Waals surface area contributed by atoms with Gasteiger partial charge in [-0.2, -0.15) is 5.26 Å². The van der Waals surface area contributed by atoms with Gasteiger partial charge in [-0.3, -0.25) is 4.99 Å². The maximum atomic E-state index is 8.47. The lowest BCUT2D eigenvalue weighted by molar-refractivity contribution is 0.161. The Labute approximate surface area is 79.0 Å². The first-order valence-corrected chi connectivity index (χ1v) is 4.10. The zero-order valence-electron chi connectivity index (χ0n) is 7.70. The highest BCUT2D eigenvalue weighted by Gasteiger charge is 1.89. The molecule has 0 fully saturated rings. The lowest BCUT2D eigenvalue weighted by atomic mass is 10.4. The van der Waals surface area contributed by atoms with Gasteiger partial charge in [0.2, 0.25) is 0 Å². The zero-order valence-corrected chi connectivity index (χ0v) is 7.70. The van der Waals surface area contributed by atoms with Crippen molar-refractivity contribution in [2.45, 2.75) is 6.42 Å². The van der Waals surface area contributed by atoms with Gasteiger partial charge in [-0.15, -0.1) is 6.58 Å². The summed E-state index contributed by atoms with van der Waals surface area (Å²) in [4.78, 5) is 3.99. The van der Waals surface area contributed by atoms with Crippen molar-refractivity contribution in [2.24, 2.45) is 4.99 Å². The summed E-state index contributed by atoms with van der Waals surface area (Å²) >= 11 is 0. The number of aliphatic imine (C=N–C) groups is 1. The lowest BCUT2D eigenvalue weighted by Gasteiger charge is -1.97. The van der Waals surface area contributed by atoms with E-state index in [2.05, 4.69) is 18.2 Å². The molecule has 0 N–H and O–H groups in total. The average Bonchev–Trinajstić information content (AvgIpc) is 2.17. The van der Waals surface area contributed by atoms with Crippen molar-refractivity contribution >= 4 is 5.71 Å². The van der Waals surface area contributed by atoms with E-state index in [4.69, 9.17) is 10.00 Å². The van der Waals surface area contributed by atoms with Crippen LogP contribution in [0.5, 0.6) is 0 Å². The largest absolute Gasteiger partial charge is 0.377 e. The summed E-state index contributed by atoms with van der Waals surface area (Å²) in [6.45, 7) is 8.80. The quantitative estimate of drug-likeness (QED) is 0.338. The summed E-state index contributed by atoms with van der Waals surface area (Å²) in [6.07, 6.45) is 3.96. The molecule has 0 unspecified atom stereocenters. The van der Waals surface area contributed by atoms with Gasteiger partial charge in [0.15, 0.2) is 0 Å². The highest BCUT2D eigenvalue weighted by molar-refractivity contribution is 6.06. The average molecular weight is 178 g/mol. The molecule has 0 aromatic heterocycles. The Balaban J connectivity index is 3.44. The molecule has 70 valence electrons. The molecule has 3 nitrogen and oxygen atoms in total. The Hall–Kier alpha value is -1.40. The lowest BCUT2D eigenvalue weighted by Crippen LogP contribution is -1.98. The molecule has 0 atom stereocenters. The van der Waals surface area contributed by atoms with Crippen molar-refractivity contribution in [2.75, 3.05) is 19.8 Å². The minimum atomic E-state index is 0.378. The van der Waals surface area contributed by atoms with Gasteiger partial charge >= 0.3 is 0 Å². The molecule has 0 radical (unpaired) electrons. The van der Waals surface area contributed by atoms with Crippen molar-refractivity contribution in [3.8, 4) is 6.07 Å². The Kier molecular flexibility index (Phi) is 7.76. The second kappa shape index (κ2) is 8.69. The van der Waals surface area contributed by atoms with Crippen LogP contribution >= 0.6 is 0 Å². The van der Waals surface area contributed by atoms with Crippen LogP contribution in [0.2, 0.25) is 0 Å². The molecule has 0 saturated carbocycles. The number of nitriles is 1. The minimum absolute atomic E-state index is 0.378. The van der Waals surface area contributed by atoms with E-state index in [1.54, 1.807) is 6.08 Å². The van der Waals surface area contributed by atoms with Crippen LogP contribution in [0, 0.1) is 11.3 Å². The fourth-order valence-corrected chi connectivity index (χ4v) is 0.678. The van der Waals surface area contributed by atoms with Crippen LogP contribution in [0.1, 0.15) is 6.42 Å². The van der Waals surface area contributed by atoms with Gasteiger partial charge in [0, 0.05) is 13.2 Å². The fraction of sp³-hybridized carbons (Fsp3) is 0.400. The van der Waals surface area contributed by atoms with Gasteiger partial charge in [-0.1, -0.05) is 12.7 Å². The summed E-state index contributed by atoms with van der Waals surface area (Å²) in [5, 5.41) is 8.47. The van der Waals surface area contributed by atoms with Gasteiger partial charge in [-0.05, 0) is 12.5 Å². The highest BCUT2D eigenvalue weighted by atomic mass is 16.5. The number of hydrogen-bond donors (Lipinski definition) is 0. The predicted molar refractivity (Wildman–Crippen MR) is 53.7 cm³/mol. The Morgan fingerprint density at radius 1 is 1.54 bits per heavy atom. The number of ether oxygens (including phenoxy) is 1. The van der Waals surface area contributed by atoms with Crippen molar-refractivity contribution in [3.05, 3.63) is 25.3 Å². The standard InChI is InChI=1S/C10H14N2O/c1-3-7-13-8-5-6-12-10(4-2)9-11/h3-4H,1-2,5-8H2. The van der Waals surface area contributed by atoms with Crippen molar-refractivity contribution < 1.29 is 4.74 Å². The van der Waals surface area contributed by atoms with Gasteiger partial charge < -0.3 is 4.74 Å². The molecule has 0 amide bonds. The second-order valence-electron chi connectivity index (χ2n) is 2.30. The first-order valence-electron chi connectivity index (χ1n) is 4.10. The smallest absolute Gasteiger partial charge is 0.134 e. The third kappa shape index (κ3) is 6.98. The van der Waals surface area contributed by atoms with Crippen molar-refractivity contribution in [3.63, 3.8) is 0 Å².